The van der Waals surface area contributed by atoms with Crippen LogP contribution in [0.4, 0.5) is 34.1 Å². The second-order valence-electron chi connectivity index (χ2n) is 20.4. The van der Waals surface area contributed by atoms with E-state index in [0.717, 1.165) is 54.1 Å². The van der Waals surface area contributed by atoms with Crippen LogP contribution in [0.3, 0.4) is 0 Å². The van der Waals surface area contributed by atoms with Crippen LogP contribution in [0.25, 0.3) is 33.4 Å². The minimum Gasteiger partial charge on any atom is -0.387 e. The number of hydrogen-bond acceptors (Lipinski definition) is 4. The van der Waals surface area contributed by atoms with E-state index in [1.165, 1.54) is 53.6 Å². The zero-order chi connectivity index (χ0) is 56.0. The number of halogens is 3. The van der Waals surface area contributed by atoms with Gasteiger partial charge in [0.25, 0.3) is 0 Å². The van der Waals surface area contributed by atoms with Gasteiger partial charge in [-0.3, -0.25) is 0 Å². The van der Waals surface area contributed by atoms with Gasteiger partial charge >= 0.3 is 0 Å². The fourth-order valence-corrected chi connectivity index (χ4v) is 8.77. The highest BCUT2D eigenvalue weighted by molar-refractivity contribution is 14.1. The smallest absolute Gasteiger partial charge is 0.113 e. The molecule has 2 N–H and O–H groups in total. The van der Waals surface area contributed by atoms with Gasteiger partial charge in [0.2, 0.25) is 0 Å². The lowest BCUT2D eigenvalue weighted by Gasteiger charge is -2.31. The summed E-state index contributed by atoms with van der Waals surface area (Å²) in [5, 5.41) is 18.2. The Bertz CT molecular complexity index is 3290. The molecule has 0 heterocycles. The average Bonchev–Trinajstić information content (AvgIpc) is 3.43. The summed E-state index contributed by atoms with van der Waals surface area (Å²) in [6, 6.07) is 85.6. The van der Waals surface area contributed by atoms with E-state index in [9.17, 15) is 0 Å². The Hall–Kier alpha value is -6.53. The molecule has 0 amide bonds. The molecule has 10 aromatic carbocycles. The van der Waals surface area contributed by atoms with E-state index >= 15 is 0 Å². The number of aliphatic hydroxyl groups is 2. The molecule has 392 valence electrons. The minimum atomic E-state index is -1.01. The van der Waals surface area contributed by atoms with Crippen LogP contribution in [0, 0.1) is 31.3 Å². The first-order valence-corrected chi connectivity index (χ1v) is 28.5. The molecule has 0 bridgehead atoms. The molecular weight excluding hydrogens is 1200 g/mol. The summed E-state index contributed by atoms with van der Waals surface area (Å²) in [6.45, 7) is 14.8. The number of anilines is 6. The van der Waals surface area contributed by atoms with Crippen LogP contribution in [0.15, 0.2) is 252 Å². The van der Waals surface area contributed by atoms with Gasteiger partial charge < -0.3 is 20.0 Å². The molecule has 0 saturated heterocycles. The monoisotopic (exact) mass is 1260 g/mol. The molecule has 0 aliphatic carbocycles. The molecule has 10 aromatic rings. The predicted molar refractivity (Wildman–Crippen MR) is 350 cm³/mol. The van der Waals surface area contributed by atoms with Crippen LogP contribution in [-0.2, 0) is 0 Å². The Morgan fingerprint density at radius 2 is 0.487 bits per heavy atom. The Morgan fingerprint density at radius 1 is 0.308 bits per heavy atom. The lowest BCUT2D eigenvalue weighted by atomic mass is 9.90. The highest BCUT2D eigenvalue weighted by Gasteiger charge is 2.32. The van der Waals surface area contributed by atoms with Gasteiger partial charge in [0.15, 0.2) is 0 Å². The zero-order valence-electron chi connectivity index (χ0n) is 45.6. The fourth-order valence-electron chi connectivity index (χ4n) is 7.88. The van der Waals surface area contributed by atoms with Crippen molar-refractivity contribution in [2.24, 2.45) is 0 Å². The molecular formula is C70H66BBr2IN2O2. The molecule has 0 saturated carbocycles. The molecule has 0 spiro atoms. The standard InChI is InChI=1S/C32H26BrN.C26H22BN.C6H4BrI.C6H14O2/c1-23-3-17-30(18-4-23)34(31-19-5-24(2)6-20-31)32-21-13-28(14-22-32)26-9-7-25(8-10-26)27-11-15-29(33)16-12-27;1-19-3-13-24(14-4-19)28(25-15-5-20(2)6-16-25)26-17-9-22(10-18-26)21-7-11-23(27)12-8-21;7-5-1-3-6(8)4-2-5;1-5(2,7)6(3,4)8/h3-22H,1-2H3;3-18H,1-2H3;1-4H;7-8H,1-4H3. The highest BCUT2D eigenvalue weighted by atomic mass is 127. The Labute approximate surface area is 495 Å². The summed E-state index contributed by atoms with van der Waals surface area (Å²) in [7, 11) is 5.81. The molecule has 0 aliphatic heterocycles. The van der Waals surface area contributed by atoms with Crippen molar-refractivity contribution in [3.8, 4) is 33.4 Å². The van der Waals surface area contributed by atoms with Crippen molar-refractivity contribution in [1.82, 2.24) is 0 Å². The predicted octanol–water partition coefficient (Wildman–Crippen LogP) is 19.7. The van der Waals surface area contributed by atoms with Crippen molar-refractivity contribution >= 4 is 102 Å². The molecule has 2 radical (unpaired) electrons. The van der Waals surface area contributed by atoms with Gasteiger partial charge in [-0.1, -0.05) is 193 Å². The van der Waals surface area contributed by atoms with Gasteiger partial charge in [0.05, 0.1) is 11.2 Å². The van der Waals surface area contributed by atoms with E-state index in [0.29, 0.717) is 0 Å². The van der Waals surface area contributed by atoms with Gasteiger partial charge in [-0.25, -0.2) is 0 Å². The maximum Gasteiger partial charge on any atom is 0.113 e. The van der Waals surface area contributed by atoms with E-state index in [4.69, 9.17) is 18.1 Å². The maximum atomic E-state index is 9.10. The Morgan fingerprint density at radius 3 is 0.705 bits per heavy atom. The zero-order valence-corrected chi connectivity index (χ0v) is 50.9. The van der Waals surface area contributed by atoms with Crippen LogP contribution in [0.1, 0.15) is 49.9 Å². The number of nitrogens with zero attached hydrogens (tertiary/aromatic N) is 2. The molecule has 0 aliphatic rings. The van der Waals surface area contributed by atoms with E-state index in [1.807, 2.05) is 24.3 Å². The lowest BCUT2D eigenvalue weighted by molar-refractivity contribution is -0.107. The number of rotatable bonds is 10. The van der Waals surface area contributed by atoms with Gasteiger partial charge in [-0.15, -0.1) is 0 Å². The summed E-state index contributed by atoms with van der Waals surface area (Å²) in [5.41, 5.74) is 17.9. The quantitative estimate of drug-likeness (QED) is 0.106. The second-order valence-corrected chi connectivity index (χ2v) is 23.4. The Kier molecular flexibility index (Phi) is 20.8. The van der Waals surface area contributed by atoms with Crippen LogP contribution >= 0.6 is 54.5 Å². The van der Waals surface area contributed by atoms with E-state index in [-0.39, 0.29) is 0 Å². The molecule has 0 aromatic heterocycles. The van der Waals surface area contributed by atoms with Crippen molar-refractivity contribution in [3.63, 3.8) is 0 Å². The number of hydrogen-bond donors (Lipinski definition) is 2. The van der Waals surface area contributed by atoms with E-state index in [2.05, 4.69) is 310 Å². The lowest BCUT2D eigenvalue weighted by Crippen LogP contribution is -2.44. The third-order valence-electron chi connectivity index (χ3n) is 13.4. The average molecular weight is 1260 g/mol. The third kappa shape index (κ3) is 17.0. The fraction of sp³-hybridized carbons (Fsp3) is 0.143. The van der Waals surface area contributed by atoms with Crippen LogP contribution < -0.4 is 15.3 Å². The minimum absolute atomic E-state index is 0.783. The van der Waals surface area contributed by atoms with Gasteiger partial charge in [-0.2, -0.15) is 0 Å². The van der Waals surface area contributed by atoms with E-state index < -0.39 is 11.2 Å². The SMILES string of the molecule is Brc1ccc(I)cc1.CC(C)(O)C(C)(C)O.Cc1ccc(N(c2ccc(C)cc2)c2ccc(-c3ccc(-c4ccc(Br)cc4)cc3)cc2)cc1.[B]c1ccc(-c2ccc(N(c3ccc(C)cc3)c3ccc(C)cc3)cc2)cc1. The van der Waals surface area contributed by atoms with Crippen LogP contribution in [-0.4, -0.2) is 29.3 Å². The molecule has 0 unspecified atom stereocenters. The molecule has 78 heavy (non-hydrogen) atoms. The molecule has 4 nitrogen and oxygen atoms in total. The topological polar surface area (TPSA) is 46.9 Å². The molecule has 0 atom stereocenters. The Balaban J connectivity index is 0.000000178. The maximum absolute atomic E-state index is 9.10. The summed E-state index contributed by atoms with van der Waals surface area (Å²) in [5.74, 6) is 0. The first-order chi connectivity index (χ1) is 37.2. The molecule has 8 heteroatoms. The van der Waals surface area contributed by atoms with Crippen molar-refractivity contribution in [1.29, 1.82) is 0 Å². The van der Waals surface area contributed by atoms with Gasteiger partial charge in [0.1, 0.15) is 7.85 Å². The summed E-state index contributed by atoms with van der Waals surface area (Å²) in [4.78, 5) is 4.59. The van der Waals surface area contributed by atoms with Crippen LogP contribution in [0.5, 0.6) is 0 Å². The summed E-state index contributed by atoms with van der Waals surface area (Å²) >= 11 is 9.13. The van der Waals surface area contributed by atoms with Crippen molar-refractivity contribution in [2.75, 3.05) is 9.80 Å². The largest absolute Gasteiger partial charge is 0.387 e. The van der Waals surface area contributed by atoms with Crippen molar-refractivity contribution < 1.29 is 10.2 Å². The van der Waals surface area contributed by atoms with Gasteiger partial charge in [-0.05, 0) is 221 Å². The highest BCUT2D eigenvalue weighted by Crippen LogP contribution is 2.38. The summed E-state index contributed by atoms with van der Waals surface area (Å²) < 4.78 is 3.50. The molecule has 0 fully saturated rings. The summed E-state index contributed by atoms with van der Waals surface area (Å²) in [6.07, 6.45) is 0. The van der Waals surface area contributed by atoms with Crippen molar-refractivity contribution in [2.45, 2.75) is 66.6 Å². The van der Waals surface area contributed by atoms with Crippen molar-refractivity contribution in [3.05, 3.63) is 277 Å². The van der Waals surface area contributed by atoms with Crippen LogP contribution in [0.2, 0.25) is 0 Å². The van der Waals surface area contributed by atoms with E-state index in [1.54, 1.807) is 27.7 Å². The normalized spacial score (nSPS) is 10.9. The number of aryl methyl sites for hydroxylation is 4. The first kappa shape index (κ1) is 59.1. The second kappa shape index (κ2) is 27.4. The molecule has 10 rings (SSSR count). The first-order valence-electron chi connectivity index (χ1n) is 25.9. The number of benzene rings is 10. The third-order valence-corrected chi connectivity index (χ3v) is 15.1. The van der Waals surface area contributed by atoms with Gasteiger partial charge in [0, 0.05) is 46.6 Å².